The maximum Gasteiger partial charge on any atom is 0.340 e. The molecule has 0 bridgehead atoms. The van der Waals surface area contributed by atoms with E-state index in [1.165, 1.54) is 0 Å². The molecular weight excluding hydrogens is 448 g/mol. The zero-order chi connectivity index (χ0) is 24.7. The van der Waals surface area contributed by atoms with Crippen LogP contribution in [0.1, 0.15) is 46.5 Å². The molecule has 0 saturated heterocycles. The van der Waals surface area contributed by atoms with Gasteiger partial charge in [-0.3, -0.25) is 4.90 Å². The Morgan fingerprint density at radius 1 is 0.750 bits per heavy atom. The molecule has 6 rings (SSSR count). The minimum atomic E-state index is -1.07. The normalized spacial score (nSPS) is 17.2. The molecule has 180 valence electrons. The molecule has 0 aromatic heterocycles. The van der Waals surface area contributed by atoms with E-state index in [2.05, 4.69) is 42.3 Å². The first-order valence-corrected chi connectivity index (χ1v) is 12.5. The first kappa shape index (κ1) is 22.4. The van der Waals surface area contributed by atoms with Crippen LogP contribution in [0.15, 0.2) is 91.0 Å². The zero-order valence-electron chi connectivity index (χ0n) is 20.5. The number of ether oxygens (including phenoxy) is 2. The maximum atomic E-state index is 13.1. The highest BCUT2D eigenvalue weighted by atomic mass is 16.6. The molecule has 2 heterocycles. The smallest absolute Gasteiger partial charge is 0.340 e. The second-order valence-electron chi connectivity index (χ2n) is 9.21. The highest BCUT2D eigenvalue weighted by Gasteiger charge is 2.53. The van der Waals surface area contributed by atoms with Crippen molar-refractivity contribution in [3.63, 3.8) is 0 Å². The highest BCUT2D eigenvalue weighted by molar-refractivity contribution is 5.97. The van der Waals surface area contributed by atoms with E-state index in [4.69, 9.17) is 9.47 Å². The van der Waals surface area contributed by atoms with Crippen molar-refractivity contribution >= 4 is 17.3 Å². The van der Waals surface area contributed by atoms with Crippen molar-refractivity contribution in [2.75, 3.05) is 18.4 Å². The molecule has 0 aliphatic carbocycles. The van der Waals surface area contributed by atoms with E-state index in [0.29, 0.717) is 11.3 Å². The second-order valence-corrected chi connectivity index (χ2v) is 9.21. The quantitative estimate of drug-likeness (QED) is 0.309. The number of esters is 1. The van der Waals surface area contributed by atoms with Crippen molar-refractivity contribution in [3.05, 3.63) is 119 Å². The Balaban J connectivity index is 1.51. The van der Waals surface area contributed by atoms with E-state index in [-0.39, 0.29) is 5.97 Å². The Bertz CT molecular complexity index is 1450. The molecule has 2 aliphatic rings. The van der Waals surface area contributed by atoms with E-state index in [1.807, 2.05) is 72.8 Å². The second kappa shape index (κ2) is 8.85. The number of benzene rings is 4. The SMILES string of the molecule is CCN(CC)Cc1ccc2c(c1)Oc1ccc(Nc3ccccc3)cc1C21OC(=O)c2ccccc21. The third-order valence-corrected chi connectivity index (χ3v) is 7.14. The predicted octanol–water partition coefficient (Wildman–Crippen LogP) is 6.84. The van der Waals surface area contributed by atoms with Crippen LogP contribution in [-0.2, 0) is 16.9 Å². The summed E-state index contributed by atoms with van der Waals surface area (Å²) >= 11 is 0. The molecule has 1 N–H and O–H groups in total. The van der Waals surface area contributed by atoms with E-state index in [9.17, 15) is 4.79 Å². The van der Waals surface area contributed by atoms with Crippen LogP contribution >= 0.6 is 0 Å². The monoisotopic (exact) mass is 476 g/mol. The van der Waals surface area contributed by atoms with E-state index in [1.54, 1.807) is 0 Å². The van der Waals surface area contributed by atoms with Gasteiger partial charge in [0.05, 0.1) is 5.56 Å². The third-order valence-electron chi connectivity index (χ3n) is 7.14. The van der Waals surface area contributed by atoms with Crippen LogP contribution in [0.5, 0.6) is 11.5 Å². The molecule has 0 radical (unpaired) electrons. The Morgan fingerprint density at radius 2 is 1.53 bits per heavy atom. The van der Waals surface area contributed by atoms with Gasteiger partial charge in [0.1, 0.15) is 11.5 Å². The lowest BCUT2D eigenvalue weighted by molar-refractivity contribution is 0.0224. The predicted molar refractivity (Wildman–Crippen MR) is 141 cm³/mol. The molecular formula is C31H28N2O3. The van der Waals surface area contributed by atoms with Crippen LogP contribution in [0.25, 0.3) is 0 Å². The van der Waals surface area contributed by atoms with E-state index < -0.39 is 5.60 Å². The molecule has 0 amide bonds. The molecule has 2 aliphatic heterocycles. The van der Waals surface area contributed by atoms with Crippen molar-refractivity contribution in [2.45, 2.75) is 26.0 Å². The van der Waals surface area contributed by atoms with Crippen LogP contribution in [0.3, 0.4) is 0 Å². The number of fused-ring (bicyclic) bond motifs is 6. The summed E-state index contributed by atoms with van der Waals surface area (Å²) in [5.41, 5.74) is 5.05. The number of hydrogen-bond acceptors (Lipinski definition) is 5. The number of nitrogens with zero attached hydrogens (tertiary/aromatic N) is 1. The van der Waals surface area contributed by atoms with Crippen LogP contribution in [0.2, 0.25) is 0 Å². The lowest BCUT2D eigenvalue weighted by atomic mass is 9.77. The van der Waals surface area contributed by atoms with Crippen LogP contribution in [0, 0.1) is 0 Å². The van der Waals surface area contributed by atoms with Gasteiger partial charge in [-0.15, -0.1) is 0 Å². The number of rotatable bonds is 6. The van der Waals surface area contributed by atoms with Gasteiger partial charge in [0, 0.05) is 34.6 Å². The minimum Gasteiger partial charge on any atom is -0.456 e. The van der Waals surface area contributed by atoms with Crippen LogP contribution in [0.4, 0.5) is 11.4 Å². The summed E-state index contributed by atoms with van der Waals surface area (Å²) in [4.78, 5) is 15.5. The topological polar surface area (TPSA) is 50.8 Å². The van der Waals surface area contributed by atoms with Gasteiger partial charge in [0.25, 0.3) is 0 Å². The Hall–Kier alpha value is -4.09. The van der Waals surface area contributed by atoms with Crippen LogP contribution < -0.4 is 10.1 Å². The van der Waals surface area contributed by atoms with E-state index in [0.717, 1.165) is 59.0 Å². The van der Waals surface area contributed by atoms with Crippen molar-refractivity contribution in [3.8, 4) is 11.5 Å². The van der Waals surface area contributed by atoms with Gasteiger partial charge in [0.15, 0.2) is 5.60 Å². The van der Waals surface area contributed by atoms with Gasteiger partial charge < -0.3 is 14.8 Å². The maximum absolute atomic E-state index is 13.1. The van der Waals surface area contributed by atoms with E-state index >= 15 is 0 Å². The molecule has 5 heteroatoms. The molecule has 0 fully saturated rings. The molecule has 4 aromatic carbocycles. The number of carbonyl (C=O) groups is 1. The van der Waals surface area contributed by atoms with Crippen molar-refractivity contribution in [2.24, 2.45) is 0 Å². The summed E-state index contributed by atoms with van der Waals surface area (Å²) in [7, 11) is 0. The number of hydrogen-bond donors (Lipinski definition) is 1. The lowest BCUT2D eigenvalue weighted by Gasteiger charge is -2.37. The molecule has 36 heavy (non-hydrogen) atoms. The fourth-order valence-electron chi connectivity index (χ4n) is 5.29. The lowest BCUT2D eigenvalue weighted by Crippen LogP contribution is -2.33. The minimum absolute atomic E-state index is 0.321. The summed E-state index contributed by atoms with van der Waals surface area (Å²) in [6.07, 6.45) is 0. The van der Waals surface area contributed by atoms with Gasteiger partial charge in [-0.2, -0.15) is 0 Å². The fourth-order valence-corrected chi connectivity index (χ4v) is 5.29. The Labute approximate surface area is 211 Å². The van der Waals surface area contributed by atoms with Crippen molar-refractivity contribution < 1.29 is 14.3 Å². The number of para-hydroxylation sites is 1. The summed E-state index contributed by atoms with van der Waals surface area (Å²) < 4.78 is 12.8. The molecule has 0 saturated carbocycles. The number of anilines is 2. The molecule has 5 nitrogen and oxygen atoms in total. The van der Waals surface area contributed by atoms with Gasteiger partial charge >= 0.3 is 5.97 Å². The first-order chi connectivity index (χ1) is 17.6. The Morgan fingerprint density at radius 3 is 2.33 bits per heavy atom. The van der Waals surface area contributed by atoms with Gasteiger partial charge in [0.2, 0.25) is 0 Å². The third kappa shape index (κ3) is 3.55. The average Bonchev–Trinajstić information content (AvgIpc) is 3.21. The van der Waals surface area contributed by atoms with Gasteiger partial charge in [-0.05, 0) is 61.1 Å². The van der Waals surface area contributed by atoms with Crippen molar-refractivity contribution in [1.29, 1.82) is 0 Å². The zero-order valence-corrected chi connectivity index (χ0v) is 20.5. The summed E-state index contributed by atoms with van der Waals surface area (Å²) in [5, 5.41) is 3.46. The molecule has 1 atom stereocenters. The number of nitrogens with one attached hydrogen (secondary N) is 1. The molecule has 1 unspecified atom stereocenters. The van der Waals surface area contributed by atoms with Crippen LogP contribution in [-0.4, -0.2) is 24.0 Å². The summed E-state index contributed by atoms with van der Waals surface area (Å²) in [6.45, 7) is 7.12. The van der Waals surface area contributed by atoms with Gasteiger partial charge in [-0.25, -0.2) is 4.79 Å². The van der Waals surface area contributed by atoms with Gasteiger partial charge in [-0.1, -0.05) is 62.4 Å². The summed E-state index contributed by atoms with van der Waals surface area (Å²) in [6, 6.07) is 29.9. The van der Waals surface area contributed by atoms with Crippen molar-refractivity contribution in [1.82, 2.24) is 4.90 Å². The largest absolute Gasteiger partial charge is 0.456 e. The fraction of sp³-hybridized carbons (Fsp3) is 0.194. The number of carbonyl (C=O) groups excluding carboxylic acids is 1. The highest BCUT2D eigenvalue weighted by Crippen LogP contribution is 2.56. The molecule has 1 spiro atoms. The Kier molecular flexibility index (Phi) is 5.50. The standard InChI is InChI=1S/C31H28N2O3/c1-3-33(4-2)20-21-14-16-26-29(18-21)35-28-17-15-23(32-22-10-6-5-7-11-22)19-27(28)31(26)25-13-9-8-12-24(25)30(34)36-31/h5-19,32H,3-4,20H2,1-2H3. The average molecular weight is 477 g/mol. The molecule has 4 aromatic rings. The summed E-state index contributed by atoms with van der Waals surface area (Å²) in [5.74, 6) is 1.09. The first-order valence-electron chi connectivity index (χ1n) is 12.5.